The minimum absolute atomic E-state index is 0.0888. The van der Waals surface area contributed by atoms with Crippen LogP contribution in [-0.4, -0.2) is 67.4 Å². The molecule has 0 aromatic carbocycles. The number of likely N-dealkylation sites (N-methyl/N-ethyl adjacent to an activating group) is 1. The molecule has 1 heterocycles. The van der Waals surface area contributed by atoms with Gasteiger partial charge in [-0.15, -0.1) is 5.43 Å². The third-order valence-electron chi connectivity index (χ3n) is 5.09. The summed E-state index contributed by atoms with van der Waals surface area (Å²) in [5.74, 6) is -0.526. The molecule has 0 aromatic rings. The molecule has 2 rings (SSSR count). The molecule has 2 aliphatic rings. The number of carbonyl (C=O) groups excluding carboxylic acids is 2. The first-order chi connectivity index (χ1) is 12.3. The monoisotopic (exact) mass is 374 g/mol. The summed E-state index contributed by atoms with van der Waals surface area (Å²) in [5, 5.41) is 24.0. The van der Waals surface area contributed by atoms with Crippen LogP contribution in [-0.2, 0) is 19.1 Å². The van der Waals surface area contributed by atoms with Crippen LogP contribution in [0.1, 0.15) is 40.0 Å². The molecule has 0 spiro atoms. The van der Waals surface area contributed by atoms with Crippen molar-refractivity contribution in [2.45, 2.75) is 64.3 Å². The van der Waals surface area contributed by atoms with E-state index in [2.05, 4.69) is 5.43 Å². The van der Waals surface area contributed by atoms with Gasteiger partial charge in [0.15, 0.2) is 12.7 Å². The van der Waals surface area contributed by atoms with Gasteiger partial charge in [-0.3, -0.25) is 14.8 Å². The maximum absolute atomic E-state index is 12.0. The number of hydrogen-bond donors (Lipinski definition) is 3. The maximum atomic E-state index is 12.0. The van der Waals surface area contributed by atoms with Crippen LogP contribution >= 0.6 is 0 Å². The molecule has 6 unspecified atom stereocenters. The number of esters is 1. The number of ether oxygens (including phenoxy) is 2. The fourth-order valence-electron chi connectivity index (χ4n) is 3.72. The highest BCUT2D eigenvalue weighted by atomic mass is 16.6. The maximum Gasteiger partial charge on any atom is 0.303 e. The van der Waals surface area contributed by atoms with Gasteiger partial charge in [-0.2, -0.15) is 0 Å². The zero-order chi connectivity index (χ0) is 19.3. The second-order valence-corrected chi connectivity index (χ2v) is 6.95. The summed E-state index contributed by atoms with van der Waals surface area (Å²) in [6, 6.07) is -0.548. The standard InChI is InChI=1S/C16H30N4O6/c1-4-18(11(2)21)8-14(26-12(3)22)9-25-13-5-6-15-16(7-13)20(24)17-10-19(15)23/h13-17,19-20H,4-10H2,1-3H3. The Balaban J connectivity index is 1.89. The zero-order valence-electron chi connectivity index (χ0n) is 15.7. The first kappa shape index (κ1) is 21.0. The number of nitrogens with zero attached hydrogens (tertiary/aromatic N) is 1. The van der Waals surface area contributed by atoms with Gasteiger partial charge in [-0.1, -0.05) is 0 Å². The molecular formula is C16H30N4O6. The molecule has 6 atom stereocenters. The van der Waals surface area contributed by atoms with E-state index in [0.29, 0.717) is 25.8 Å². The summed E-state index contributed by atoms with van der Waals surface area (Å²) in [5.41, 5.74) is 2.63. The molecule has 0 radical (unpaired) electrons. The Morgan fingerprint density at radius 2 is 2.00 bits per heavy atom. The largest absolute Gasteiger partial charge is 0.633 e. The molecule has 10 nitrogen and oxygen atoms in total. The summed E-state index contributed by atoms with van der Waals surface area (Å²) in [7, 11) is 0. The first-order valence-electron chi connectivity index (χ1n) is 9.16. The number of hydroxylamine groups is 3. The quantitative estimate of drug-likeness (QED) is 0.328. The molecule has 10 heteroatoms. The van der Waals surface area contributed by atoms with Gasteiger partial charge in [-0.25, -0.2) is 0 Å². The fraction of sp³-hybridized carbons (Fsp3) is 0.875. The Kier molecular flexibility index (Phi) is 7.74. The van der Waals surface area contributed by atoms with Crippen LogP contribution in [0.2, 0.25) is 0 Å². The number of rotatable bonds is 7. The summed E-state index contributed by atoms with van der Waals surface area (Å²) in [6.45, 7) is 5.70. The van der Waals surface area contributed by atoms with Crippen LogP contribution in [0.25, 0.3) is 0 Å². The van der Waals surface area contributed by atoms with E-state index >= 15 is 0 Å². The highest BCUT2D eigenvalue weighted by molar-refractivity contribution is 5.73. The van der Waals surface area contributed by atoms with Crippen molar-refractivity contribution in [1.82, 2.24) is 10.3 Å². The summed E-state index contributed by atoms with van der Waals surface area (Å²) < 4.78 is 11.2. The fourth-order valence-corrected chi connectivity index (χ4v) is 3.72. The number of hydrogen-bond acceptors (Lipinski definition) is 7. The van der Waals surface area contributed by atoms with Gasteiger partial charge >= 0.3 is 5.97 Å². The van der Waals surface area contributed by atoms with E-state index in [-0.39, 0.29) is 54.2 Å². The number of fused-ring (bicyclic) bond motifs is 1. The highest BCUT2D eigenvalue weighted by Gasteiger charge is 2.42. The van der Waals surface area contributed by atoms with Crippen molar-refractivity contribution < 1.29 is 29.3 Å². The van der Waals surface area contributed by atoms with Gasteiger partial charge in [0.1, 0.15) is 12.1 Å². The van der Waals surface area contributed by atoms with E-state index in [1.807, 2.05) is 6.92 Å². The lowest BCUT2D eigenvalue weighted by Crippen LogP contribution is -3.34. The zero-order valence-corrected chi connectivity index (χ0v) is 15.7. The molecule has 150 valence electrons. The highest BCUT2D eigenvalue weighted by Crippen LogP contribution is 2.20. The van der Waals surface area contributed by atoms with Gasteiger partial charge in [0.2, 0.25) is 5.91 Å². The van der Waals surface area contributed by atoms with Gasteiger partial charge in [0.05, 0.1) is 19.3 Å². The van der Waals surface area contributed by atoms with Crippen molar-refractivity contribution in [3.05, 3.63) is 10.4 Å². The summed E-state index contributed by atoms with van der Waals surface area (Å²) in [6.07, 6.45) is 1.08. The Morgan fingerprint density at radius 3 is 2.62 bits per heavy atom. The number of quaternary nitrogens is 2. The van der Waals surface area contributed by atoms with Crippen molar-refractivity contribution in [1.29, 1.82) is 0 Å². The lowest BCUT2D eigenvalue weighted by Gasteiger charge is -2.48. The average molecular weight is 374 g/mol. The predicted octanol–water partition coefficient (Wildman–Crippen LogP) is -2.67. The van der Waals surface area contributed by atoms with Crippen molar-refractivity contribution >= 4 is 11.9 Å². The molecule has 3 N–H and O–H groups in total. The molecule has 1 aliphatic carbocycles. The summed E-state index contributed by atoms with van der Waals surface area (Å²) >= 11 is 0. The molecule has 2 fully saturated rings. The van der Waals surface area contributed by atoms with Crippen molar-refractivity contribution in [3.8, 4) is 0 Å². The smallest absolute Gasteiger partial charge is 0.303 e. The lowest BCUT2D eigenvalue weighted by molar-refractivity contribution is -1.04. The Bertz CT molecular complexity index is 493. The van der Waals surface area contributed by atoms with Gasteiger partial charge in [0, 0.05) is 33.2 Å². The van der Waals surface area contributed by atoms with E-state index in [1.165, 1.54) is 13.8 Å². The SMILES string of the molecule is CCN(CC(COC1CCC2C(C1)[NH+]([O-])NC[NH+]2[O-])OC(C)=O)C(C)=O. The van der Waals surface area contributed by atoms with Crippen LogP contribution in [0.3, 0.4) is 0 Å². The minimum Gasteiger partial charge on any atom is -0.633 e. The molecule has 1 saturated heterocycles. The Labute approximate surface area is 153 Å². The molecule has 1 saturated carbocycles. The second kappa shape index (κ2) is 9.58. The molecule has 1 aliphatic heterocycles. The van der Waals surface area contributed by atoms with Gasteiger partial charge in [0.25, 0.3) is 0 Å². The van der Waals surface area contributed by atoms with E-state index in [0.717, 1.165) is 0 Å². The number of amides is 1. The van der Waals surface area contributed by atoms with E-state index in [1.54, 1.807) is 4.90 Å². The molecule has 26 heavy (non-hydrogen) atoms. The average Bonchev–Trinajstić information content (AvgIpc) is 2.59. The number of carbonyl (C=O) groups is 2. The van der Waals surface area contributed by atoms with Crippen molar-refractivity contribution in [3.63, 3.8) is 0 Å². The second-order valence-electron chi connectivity index (χ2n) is 6.95. The lowest BCUT2D eigenvalue weighted by atomic mass is 9.87. The van der Waals surface area contributed by atoms with E-state index in [9.17, 15) is 20.0 Å². The topological polar surface area (TPSA) is 123 Å². The molecule has 0 bridgehead atoms. The van der Waals surface area contributed by atoms with Crippen LogP contribution < -0.4 is 15.7 Å². The van der Waals surface area contributed by atoms with Crippen LogP contribution in [0.4, 0.5) is 0 Å². The van der Waals surface area contributed by atoms with E-state index < -0.39 is 12.1 Å². The molecular weight excluding hydrogens is 344 g/mol. The third kappa shape index (κ3) is 5.60. The van der Waals surface area contributed by atoms with Crippen LogP contribution in [0.5, 0.6) is 0 Å². The minimum atomic E-state index is -0.559. The van der Waals surface area contributed by atoms with Gasteiger partial charge < -0.3 is 29.9 Å². The Hall–Kier alpha value is -1.30. The normalized spacial score (nSPS) is 32.4. The Morgan fingerprint density at radius 1 is 1.27 bits per heavy atom. The number of nitrogens with one attached hydrogen (secondary N) is 3. The first-order valence-corrected chi connectivity index (χ1v) is 9.16. The molecule has 0 aromatic heterocycles. The summed E-state index contributed by atoms with van der Waals surface area (Å²) in [4.78, 5) is 24.5. The van der Waals surface area contributed by atoms with Gasteiger partial charge in [-0.05, 0) is 13.3 Å². The third-order valence-corrected chi connectivity index (χ3v) is 5.09. The van der Waals surface area contributed by atoms with Crippen LogP contribution in [0, 0.1) is 10.4 Å². The predicted molar refractivity (Wildman–Crippen MR) is 91.3 cm³/mol. The van der Waals surface area contributed by atoms with Crippen molar-refractivity contribution in [2.24, 2.45) is 0 Å². The molecule has 1 amide bonds. The van der Waals surface area contributed by atoms with Crippen molar-refractivity contribution in [2.75, 3.05) is 26.4 Å². The van der Waals surface area contributed by atoms with E-state index in [4.69, 9.17) is 9.47 Å². The van der Waals surface area contributed by atoms with Crippen LogP contribution in [0.15, 0.2) is 0 Å².